The summed E-state index contributed by atoms with van der Waals surface area (Å²) in [6.07, 6.45) is 1.29. The Morgan fingerprint density at radius 1 is 1.43 bits per heavy atom. The van der Waals surface area contributed by atoms with E-state index in [-0.39, 0.29) is 5.97 Å². The molecule has 0 heterocycles. The number of rotatable bonds is 6. The molecular weight excluding hydrogens is 180 g/mol. The molecule has 0 atom stereocenters. The van der Waals surface area contributed by atoms with Gasteiger partial charge in [-0.2, -0.15) is 0 Å². The molecule has 0 saturated heterocycles. The predicted octanol–water partition coefficient (Wildman–Crippen LogP) is 0.734. The van der Waals surface area contributed by atoms with E-state index in [2.05, 4.69) is 18.7 Å². The Kier molecular flexibility index (Phi) is 6.84. The molecule has 14 heavy (non-hydrogen) atoms. The van der Waals surface area contributed by atoms with Crippen molar-refractivity contribution < 1.29 is 9.53 Å². The zero-order valence-corrected chi connectivity index (χ0v) is 9.25. The van der Waals surface area contributed by atoms with Crippen molar-refractivity contribution in [2.24, 2.45) is 5.73 Å². The lowest BCUT2D eigenvalue weighted by molar-refractivity contribution is -0.138. The van der Waals surface area contributed by atoms with Crippen LogP contribution in [0.5, 0.6) is 0 Å². The van der Waals surface area contributed by atoms with Crippen molar-refractivity contribution in [3.05, 3.63) is 11.8 Å². The minimum Gasteiger partial charge on any atom is -0.461 e. The zero-order valence-electron chi connectivity index (χ0n) is 9.25. The van der Waals surface area contributed by atoms with Gasteiger partial charge in [0, 0.05) is 18.3 Å². The van der Waals surface area contributed by atoms with E-state index in [1.54, 1.807) is 6.92 Å². The van der Waals surface area contributed by atoms with Crippen LogP contribution in [0, 0.1) is 0 Å². The van der Waals surface area contributed by atoms with Gasteiger partial charge in [0.1, 0.15) is 6.61 Å². The molecule has 0 amide bonds. The van der Waals surface area contributed by atoms with Crippen LogP contribution in [0.25, 0.3) is 0 Å². The highest BCUT2D eigenvalue weighted by atomic mass is 16.5. The second kappa shape index (κ2) is 7.38. The van der Waals surface area contributed by atoms with Crippen molar-refractivity contribution >= 4 is 5.97 Å². The van der Waals surface area contributed by atoms with Crippen molar-refractivity contribution in [2.75, 3.05) is 26.2 Å². The standard InChI is InChI=1S/C10H20N2O2/c1-4-12(5-2)6-7-14-10(13)8-9(3)11/h8H,4-7,11H2,1-3H3/b9-8-. The van der Waals surface area contributed by atoms with Gasteiger partial charge in [-0.25, -0.2) is 4.79 Å². The molecule has 0 fully saturated rings. The van der Waals surface area contributed by atoms with E-state index < -0.39 is 0 Å². The molecule has 0 aromatic heterocycles. The summed E-state index contributed by atoms with van der Waals surface area (Å²) in [6.45, 7) is 8.95. The number of hydrogen-bond acceptors (Lipinski definition) is 4. The first-order valence-electron chi connectivity index (χ1n) is 4.93. The van der Waals surface area contributed by atoms with Crippen LogP contribution in [-0.2, 0) is 9.53 Å². The van der Waals surface area contributed by atoms with Crippen molar-refractivity contribution in [3.8, 4) is 0 Å². The van der Waals surface area contributed by atoms with Gasteiger partial charge in [-0.05, 0) is 20.0 Å². The number of likely N-dealkylation sites (N-methyl/N-ethyl adjacent to an activating group) is 1. The van der Waals surface area contributed by atoms with E-state index in [0.29, 0.717) is 12.3 Å². The Hall–Kier alpha value is -1.03. The quantitative estimate of drug-likeness (QED) is 0.507. The highest BCUT2D eigenvalue weighted by Crippen LogP contribution is 1.89. The lowest BCUT2D eigenvalue weighted by Crippen LogP contribution is -2.27. The van der Waals surface area contributed by atoms with Gasteiger partial charge in [0.25, 0.3) is 0 Å². The fourth-order valence-electron chi connectivity index (χ4n) is 1.04. The van der Waals surface area contributed by atoms with Crippen molar-refractivity contribution in [3.63, 3.8) is 0 Å². The van der Waals surface area contributed by atoms with Crippen LogP contribution in [-0.4, -0.2) is 37.1 Å². The molecule has 0 aliphatic heterocycles. The van der Waals surface area contributed by atoms with Gasteiger partial charge in [0.2, 0.25) is 0 Å². The molecule has 0 bridgehead atoms. The second-order valence-corrected chi connectivity index (χ2v) is 3.08. The largest absolute Gasteiger partial charge is 0.461 e. The first-order valence-corrected chi connectivity index (χ1v) is 4.93. The first-order chi connectivity index (χ1) is 6.60. The van der Waals surface area contributed by atoms with Crippen molar-refractivity contribution in [1.29, 1.82) is 0 Å². The van der Waals surface area contributed by atoms with E-state index in [9.17, 15) is 4.79 Å². The van der Waals surface area contributed by atoms with Gasteiger partial charge in [0.05, 0.1) is 0 Å². The third-order valence-corrected chi connectivity index (χ3v) is 1.89. The summed E-state index contributed by atoms with van der Waals surface area (Å²) in [5.41, 5.74) is 5.80. The molecule has 0 saturated carbocycles. The number of ether oxygens (including phenoxy) is 1. The minimum atomic E-state index is -0.364. The van der Waals surface area contributed by atoms with Crippen molar-refractivity contribution in [2.45, 2.75) is 20.8 Å². The Labute approximate surface area is 85.7 Å². The van der Waals surface area contributed by atoms with Crippen LogP contribution in [0.3, 0.4) is 0 Å². The average Bonchev–Trinajstić information content (AvgIpc) is 2.11. The maximum atomic E-state index is 11.0. The fourth-order valence-corrected chi connectivity index (χ4v) is 1.04. The zero-order chi connectivity index (χ0) is 11.0. The van der Waals surface area contributed by atoms with E-state index >= 15 is 0 Å². The molecule has 0 aliphatic rings. The number of allylic oxidation sites excluding steroid dienone is 1. The summed E-state index contributed by atoms with van der Waals surface area (Å²) in [4.78, 5) is 13.2. The van der Waals surface area contributed by atoms with Crippen LogP contribution >= 0.6 is 0 Å². The van der Waals surface area contributed by atoms with Gasteiger partial charge in [-0.3, -0.25) is 0 Å². The number of carbonyl (C=O) groups excluding carboxylic acids is 1. The Balaban J connectivity index is 3.63. The normalized spacial score (nSPS) is 11.9. The van der Waals surface area contributed by atoms with Gasteiger partial charge < -0.3 is 15.4 Å². The molecule has 0 spiro atoms. The lowest BCUT2D eigenvalue weighted by atomic mass is 10.4. The minimum absolute atomic E-state index is 0.364. The van der Waals surface area contributed by atoms with Gasteiger partial charge in [0.15, 0.2) is 0 Å². The Morgan fingerprint density at radius 3 is 2.43 bits per heavy atom. The Morgan fingerprint density at radius 2 is 2.00 bits per heavy atom. The molecule has 0 aromatic carbocycles. The van der Waals surface area contributed by atoms with Crippen LogP contribution in [0.4, 0.5) is 0 Å². The maximum absolute atomic E-state index is 11.0. The Bertz CT molecular complexity index is 194. The summed E-state index contributed by atoms with van der Waals surface area (Å²) in [5.74, 6) is -0.364. The number of hydrogen-bond donors (Lipinski definition) is 1. The topological polar surface area (TPSA) is 55.6 Å². The highest BCUT2D eigenvalue weighted by Gasteiger charge is 2.01. The third kappa shape index (κ3) is 6.48. The van der Waals surface area contributed by atoms with E-state index in [1.165, 1.54) is 6.08 Å². The monoisotopic (exact) mass is 200 g/mol. The molecule has 0 radical (unpaired) electrons. The fraction of sp³-hybridized carbons (Fsp3) is 0.700. The van der Waals surface area contributed by atoms with Crippen LogP contribution in [0.2, 0.25) is 0 Å². The van der Waals surface area contributed by atoms with Gasteiger partial charge in [-0.15, -0.1) is 0 Å². The maximum Gasteiger partial charge on any atom is 0.332 e. The predicted molar refractivity (Wildman–Crippen MR) is 56.7 cm³/mol. The molecule has 0 aliphatic carbocycles. The lowest BCUT2D eigenvalue weighted by Gasteiger charge is -2.17. The highest BCUT2D eigenvalue weighted by molar-refractivity contribution is 5.82. The molecule has 82 valence electrons. The van der Waals surface area contributed by atoms with Crippen LogP contribution < -0.4 is 5.73 Å². The van der Waals surface area contributed by atoms with Crippen LogP contribution in [0.15, 0.2) is 11.8 Å². The molecule has 4 nitrogen and oxygen atoms in total. The van der Waals surface area contributed by atoms with E-state index in [1.807, 2.05) is 0 Å². The number of esters is 1. The van der Waals surface area contributed by atoms with Crippen LogP contribution in [0.1, 0.15) is 20.8 Å². The summed E-state index contributed by atoms with van der Waals surface area (Å²) in [6, 6.07) is 0. The molecule has 2 N–H and O–H groups in total. The first kappa shape index (κ1) is 13.0. The van der Waals surface area contributed by atoms with Crippen molar-refractivity contribution in [1.82, 2.24) is 4.90 Å². The molecule has 0 rings (SSSR count). The summed E-state index contributed by atoms with van der Waals surface area (Å²) >= 11 is 0. The molecular formula is C10H20N2O2. The van der Waals surface area contributed by atoms with Gasteiger partial charge >= 0.3 is 5.97 Å². The second-order valence-electron chi connectivity index (χ2n) is 3.08. The third-order valence-electron chi connectivity index (χ3n) is 1.89. The summed E-state index contributed by atoms with van der Waals surface area (Å²) < 4.78 is 4.95. The van der Waals surface area contributed by atoms with E-state index in [4.69, 9.17) is 10.5 Å². The SMILES string of the molecule is CCN(CC)CCOC(=O)/C=C(/C)N. The summed E-state index contributed by atoms with van der Waals surface area (Å²) in [5, 5.41) is 0. The van der Waals surface area contributed by atoms with Gasteiger partial charge in [-0.1, -0.05) is 13.8 Å². The number of nitrogens with zero attached hydrogens (tertiary/aromatic N) is 1. The molecule has 0 aromatic rings. The average molecular weight is 200 g/mol. The number of carbonyl (C=O) groups is 1. The molecule has 0 unspecified atom stereocenters. The molecule has 4 heteroatoms. The van der Waals surface area contributed by atoms with E-state index in [0.717, 1.165) is 19.6 Å². The number of nitrogens with two attached hydrogens (primary N) is 1. The summed E-state index contributed by atoms with van der Waals surface area (Å²) in [7, 11) is 0. The smallest absolute Gasteiger partial charge is 0.332 e.